The lowest BCUT2D eigenvalue weighted by molar-refractivity contribution is -0.315. The van der Waals surface area contributed by atoms with E-state index in [0.29, 0.717) is 0 Å². The van der Waals surface area contributed by atoms with Gasteiger partial charge in [0.25, 0.3) is 0 Å². The van der Waals surface area contributed by atoms with Crippen molar-refractivity contribution in [1.82, 2.24) is 0 Å². The minimum Gasteiger partial charge on any atom is -0.550 e. The molecule has 2 rings (SSSR count). The molecule has 0 aliphatic carbocycles. The topological polar surface area (TPSA) is 40.1 Å². The van der Waals surface area contributed by atoms with Crippen LogP contribution in [0.15, 0.2) is 48.5 Å². The summed E-state index contributed by atoms with van der Waals surface area (Å²) in [5, 5.41) is 10.8. The summed E-state index contributed by atoms with van der Waals surface area (Å²) in [5.41, 5.74) is 2.23. The molecule has 0 spiro atoms. The van der Waals surface area contributed by atoms with E-state index in [9.17, 15) is 23.1 Å². The predicted molar refractivity (Wildman–Crippen MR) is 117 cm³/mol. The SMILES string of the molecule is Cc1c(CC(C(=O)[O-])C(C)(C)C(Cl)CC(Cl)(Cl)C(F)(F)F)cccc1-c1ccccc1. The fourth-order valence-electron chi connectivity index (χ4n) is 3.53. The van der Waals surface area contributed by atoms with Gasteiger partial charge in [0.15, 0.2) is 0 Å². The standard InChI is InChI=1S/C23H24Cl3F3O2/c1-14-16(10-7-11-17(14)15-8-5-4-6-9-15)12-18(20(30)31)21(2,3)19(24)13-22(25,26)23(27,28)29/h4-11,18-19H,12-13H2,1-3H3,(H,30,31)/p-1. The molecule has 2 aromatic carbocycles. The molecule has 2 aromatic rings. The molecule has 0 heterocycles. The van der Waals surface area contributed by atoms with Crippen LogP contribution in [-0.2, 0) is 11.2 Å². The molecule has 2 unspecified atom stereocenters. The highest BCUT2D eigenvalue weighted by molar-refractivity contribution is 6.49. The maximum Gasteiger partial charge on any atom is 0.421 e. The molecule has 170 valence electrons. The molecular formula is C23H23Cl3F3O2-. The number of carbonyl (C=O) groups excluding carboxylic acids is 1. The summed E-state index contributed by atoms with van der Waals surface area (Å²) in [6.07, 6.45) is -5.73. The molecule has 0 radical (unpaired) electrons. The van der Waals surface area contributed by atoms with Gasteiger partial charge in [-0.3, -0.25) is 0 Å². The lowest BCUT2D eigenvalue weighted by atomic mass is 9.71. The van der Waals surface area contributed by atoms with Gasteiger partial charge in [0.05, 0.1) is 0 Å². The Morgan fingerprint density at radius 1 is 1.03 bits per heavy atom. The number of hydrogen-bond acceptors (Lipinski definition) is 2. The second-order valence-corrected chi connectivity index (χ2v) is 10.2. The second kappa shape index (κ2) is 9.60. The molecule has 31 heavy (non-hydrogen) atoms. The molecule has 0 aliphatic heterocycles. The Balaban J connectivity index is 2.36. The summed E-state index contributed by atoms with van der Waals surface area (Å²) >= 11 is 17.2. The molecule has 0 bridgehead atoms. The van der Waals surface area contributed by atoms with E-state index in [-0.39, 0.29) is 6.42 Å². The molecule has 0 aromatic heterocycles. The zero-order valence-electron chi connectivity index (χ0n) is 17.3. The minimum atomic E-state index is -4.91. The Labute approximate surface area is 195 Å². The number of benzene rings is 2. The molecular weight excluding hydrogens is 472 g/mol. The van der Waals surface area contributed by atoms with E-state index in [4.69, 9.17) is 34.8 Å². The van der Waals surface area contributed by atoms with Gasteiger partial charge in [-0.25, -0.2) is 0 Å². The maximum absolute atomic E-state index is 13.1. The third kappa shape index (κ3) is 5.88. The van der Waals surface area contributed by atoms with E-state index in [1.807, 2.05) is 49.4 Å². The molecule has 0 saturated carbocycles. The van der Waals surface area contributed by atoms with Crippen LogP contribution in [-0.4, -0.2) is 21.9 Å². The molecule has 8 heteroatoms. The number of hydrogen-bond donors (Lipinski definition) is 0. The molecule has 0 saturated heterocycles. The fraction of sp³-hybridized carbons (Fsp3) is 0.435. The van der Waals surface area contributed by atoms with E-state index >= 15 is 0 Å². The summed E-state index contributed by atoms with van der Waals surface area (Å²) in [5.74, 6) is -2.57. The average Bonchev–Trinajstić information content (AvgIpc) is 2.66. The summed E-state index contributed by atoms with van der Waals surface area (Å²) in [4.78, 5) is 12.0. The van der Waals surface area contributed by atoms with Crippen LogP contribution < -0.4 is 5.11 Å². The number of rotatable bonds is 8. The average molecular weight is 495 g/mol. The molecule has 0 amide bonds. The summed E-state index contributed by atoms with van der Waals surface area (Å²) < 4.78 is 36.2. The van der Waals surface area contributed by atoms with Crippen LogP contribution in [0.3, 0.4) is 0 Å². The predicted octanol–water partition coefficient (Wildman–Crippen LogP) is 6.33. The van der Waals surface area contributed by atoms with Crippen molar-refractivity contribution in [3.8, 4) is 11.1 Å². The number of carboxylic acids is 1. The molecule has 0 fully saturated rings. The van der Waals surface area contributed by atoms with Gasteiger partial charge in [-0.2, -0.15) is 13.2 Å². The first-order chi connectivity index (χ1) is 14.2. The number of carbonyl (C=O) groups is 1. The van der Waals surface area contributed by atoms with Crippen molar-refractivity contribution >= 4 is 40.8 Å². The lowest BCUT2D eigenvalue weighted by Crippen LogP contribution is -2.48. The summed E-state index contributed by atoms with van der Waals surface area (Å²) in [7, 11) is 0. The van der Waals surface area contributed by atoms with Gasteiger partial charge in [-0.15, -0.1) is 11.6 Å². The first kappa shape index (κ1) is 25.8. The van der Waals surface area contributed by atoms with E-state index in [1.54, 1.807) is 6.07 Å². The highest BCUT2D eigenvalue weighted by Gasteiger charge is 2.55. The van der Waals surface area contributed by atoms with E-state index in [1.165, 1.54) is 13.8 Å². The van der Waals surface area contributed by atoms with Crippen molar-refractivity contribution in [1.29, 1.82) is 0 Å². The zero-order valence-corrected chi connectivity index (χ0v) is 19.5. The third-order valence-electron chi connectivity index (χ3n) is 5.80. The Bertz CT molecular complexity index is 912. The van der Waals surface area contributed by atoms with E-state index < -0.39 is 39.6 Å². The number of carboxylic acid groups (broad SMARTS) is 1. The highest BCUT2D eigenvalue weighted by atomic mass is 35.5. The quantitative estimate of drug-likeness (QED) is 0.402. The van der Waals surface area contributed by atoms with Crippen LogP contribution >= 0.6 is 34.8 Å². The van der Waals surface area contributed by atoms with Gasteiger partial charge in [0.1, 0.15) is 0 Å². The number of aliphatic carboxylic acids is 1. The summed E-state index contributed by atoms with van der Waals surface area (Å²) in [6.45, 7) is 4.85. The molecule has 0 N–H and O–H groups in total. The smallest absolute Gasteiger partial charge is 0.421 e. The van der Waals surface area contributed by atoms with Gasteiger partial charge in [-0.1, -0.05) is 85.6 Å². The maximum atomic E-state index is 13.1. The zero-order chi connectivity index (χ0) is 23.6. The Morgan fingerprint density at radius 2 is 1.61 bits per heavy atom. The van der Waals surface area contributed by atoms with Crippen LogP contribution in [0.25, 0.3) is 11.1 Å². The summed E-state index contributed by atoms with van der Waals surface area (Å²) in [6, 6.07) is 15.1. The van der Waals surface area contributed by atoms with Crippen molar-refractivity contribution in [3.05, 3.63) is 59.7 Å². The highest BCUT2D eigenvalue weighted by Crippen LogP contribution is 2.48. The van der Waals surface area contributed by atoms with E-state index in [0.717, 1.165) is 22.3 Å². The number of halogens is 6. The normalized spacial score (nSPS) is 14.9. The molecule has 0 aliphatic rings. The van der Waals surface area contributed by atoms with Crippen molar-refractivity contribution in [2.75, 3.05) is 0 Å². The first-order valence-electron chi connectivity index (χ1n) is 9.62. The molecule has 2 atom stereocenters. The monoisotopic (exact) mass is 493 g/mol. The Kier molecular flexibility index (Phi) is 8.00. The second-order valence-electron chi connectivity index (χ2n) is 8.23. The lowest BCUT2D eigenvalue weighted by Gasteiger charge is -2.41. The first-order valence-corrected chi connectivity index (χ1v) is 10.8. The van der Waals surface area contributed by atoms with Gasteiger partial charge < -0.3 is 9.90 Å². The van der Waals surface area contributed by atoms with Gasteiger partial charge in [0, 0.05) is 23.7 Å². The van der Waals surface area contributed by atoms with E-state index in [2.05, 4.69) is 0 Å². The van der Waals surface area contributed by atoms with Crippen LogP contribution in [0.5, 0.6) is 0 Å². The van der Waals surface area contributed by atoms with Crippen molar-refractivity contribution in [2.24, 2.45) is 11.3 Å². The third-order valence-corrected chi connectivity index (χ3v) is 7.25. The Morgan fingerprint density at radius 3 is 2.13 bits per heavy atom. The van der Waals surface area contributed by atoms with Crippen LogP contribution in [0.4, 0.5) is 13.2 Å². The van der Waals surface area contributed by atoms with Gasteiger partial charge in [-0.05, 0) is 41.0 Å². The molecule has 2 nitrogen and oxygen atoms in total. The van der Waals surface area contributed by atoms with Crippen LogP contribution in [0.2, 0.25) is 0 Å². The van der Waals surface area contributed by atoms with Gasteiger partial charge in [0.2, 0.25) is 4.33 Å². The van der Waals surface area contributed by atoms with Crippen molar-refractivity contribution in [2.45, 2.75) is 49.5 Å². The van der Waals surface area contributed by atoms with Crippen LogP contribution in [0.1, 0.15) is 31.4 Å². The van der Waals surface area contributed by atoms with Crippen molar-refractivity contribution in [3.63, 3.8) is 0 Å². The van der Waals surface area contributed by atoms with Crippen LogP contribution in [0, 0.1) is 18.3 Å². The minimum absolute atomic E-state index is 0.0364. The fourth-order valence-corrected chi connectivity index (χ4v) is 4.38. The largest absolute Gasteiger partial charge is 0.550 e. The Hall–Kier alpha value is -1.43. The number of alkyl halides is 6. The van der Waals surface area contributed by atoms with Gasteiger partial charge >= 0.3 is 6.18 Å². The van der Waals surface area contributed by atoms with Crippen molar-refractivity contribution < 1.29 is 23.1 Å².